The zero-order valence-electron chi connectivity index (χ0n) is 14.5. The Kier molecular flexibility index (Phi) is 4.60. The summed E-state index contributed by atoms with van der Waals surface area (Å²) in [5.41, 5.74) is 1.39. The number of hydrogen-bond acceptors (Lipinski definition) is 6. The smallest absolute Gasteiger partial charge is 0.270 e. The lowest BCUT2D eigenvalue weighted by molar-refractivity contribution is -0.125. The second-order valence-electron chi connectivity index (χ2n) is 5.97. The van der Waals surface area contributed by atoms with Gasteiger partial charge in [-0.3, -0.25) is 14.9 Å². The van der Waals surface area contributed by atoms with Crippen molar-refractivity contribution in [2.24, 2.45) is 0 Å². The highest BCUT2D eigenvalue weighted by atomic mass is 32.1. The molecule has 2 aromatic carbocycles. The Morgan fingerprint density at radius 2 is 1.78 bits per heavy atom. The molecule has 0 spiro atoms. The fraction of sp³-hybridized carbons (Fsp3) is 0.150. The Morgan fingerprint density at radius 1 is 1.07 bits per heavy atom. The number of anilines is 1. The Balaban J connectivity index is 1.55. The molecule has 6 nitrogen and oxygen atoms in total. The summed E-state index contributed by atoms with van der Waals surface area (Å²) in [5, 5.41) is 3.09. The topological polar surface area (TPSA) is 77.5 Å². The molecule has 0 unspecified atom stereocenters. The second-order valence-corrected chi connectivity index (χ2v) is 6.97. The first kappa shape index (κ1) is 17.2. The lowest BCUT2D eigenvalue weighted by Crippen LogP contribution is -2.40. The van der Waals surface area contributed by atoms with Gasteiger partial charge in [-0.15, -0.1) is 0 Å². The van der Waals surface area contributed by atoms with Crippen LogP contribution in [0.4, 0.5) is 5.13 Å². The molecule has 3 aromatic rings. The van der Waals surface area contributed by atoms with Crippen molar-refractivity contribution in [2.75, 3.05) is 11.9 Å². The molecule has 0 radical (unpaired) electrons. The van der Waals surface area contributed by atoms with E-state index >= 15 is 0 Å². The summed E-state index contributed by atoms with van der Waals surface area (Å²) in [6.45, 7) is 1.60. The van der Waals surface area contributed by atoms with E-state index in [0.29, 0.717) is 27.2 Å². The molecule has 4 rings (SSSR count). The fourth-order valence-corrected chi connectivity index (χ4v) is 3.62. The molecule has 136 valence electrons. The monoisotopic (exact) mass is 380 g/mol. The van der Waals surface area contributed by atoms with Gasteiger partial charge in [-0.25, -0.2) is 4.98 Å². The summed E-state index contributed by atoms with van der Waals surface area (Å²) in [6, 6.07) is 16.6. The largest absolute Gasteiger partial charge is 0.485 e. The third-order valence-corrected chi connectivity index (χ3v) is 5.10. The van der Waals surface area contributed by atoms with E-state index in [-0.39, 0.29) is 18.3 Å². The normalized spacial score (nSPS) is 15.2. The van der Waals surface area contributed by atoms with Crippen molar-refractivity contribution < 1.29 is 19.1 Å². The van der Waals surface area contributed by atoms with Gasteiger partial charge in [0.15, 0.2) is 22.4 Å². The SMILES string of the molecule is CC(=O)c1sc(NC(=O)[C@H]2COc3ccccc3O2)nc1-c1ccccc1. The fourth-order valence-electron chi connectivity index (χ4n) is 2.74. The number of nitrogens with zero attached hydrogens (tertiary/aromatic N) is 1. The number of rotatable bonds is 4. The molecule has 1 aliphatic heterocycles. The molecule has 0 bridgehead atoms. The maximum atomic E-state index is 12.6. The van der Waals surface area contributed by atoms with Gasteiger partial charge < -0.3 is 9.47 Å². The first-order valence-corrected chi connectivity index (χ1v) is 9.20. The van der Waals surface area contributed by atoms with E-state index in [1.54, 1.807) is 12.1 Å². The van der Waals surface area contributed by atoms with Crippen molar-refractivity contribution in [3.05, 3.63) is 59.5 Å². The van der Waals surface area contributed by atoms with Crippen LogP contribution in [0.25, 0.3) is 11.3 Å². The van der Waals surface area contributed by atoms with Crippen molar-refractivity contribution in [1.29, 1.82) is 0 Å². The highest BCUT2D eigenvalue weighted by molar-refractivity contribution is 7.18. The lowest BCUT2D eigenvalue weighted by atomic mass is 10.1. The van der Waals surface area contributed by atoms with E-state index in [1.165, 1.54) is 6.92 Å². The molecule has 0 aliphatic carbocycles. The Morgan fingerprint density at radius 3 is 2.52 bits per heavy atom. The van der Waals surface area contributed by atoms with Crippen LogP contribution in [0, 0.1) is 0 Å². The van der Waals surface area contributed by atoms with Gasteiger partial charge in [0, 0.05) is 12.5 Å². The Bertz CT molecular complexity index is 1000. The van der Waals surface area contributed by atoms with Crippen LogP contribution in [0.15, 0.2) is 54.6 Å². The van der Waals surface area contributed by atoms with Gasteiger partial charge in [0.05, 0.1) is 10.6 Å². The van der Waals surface area contributed by atoms with E-state index in [0.717, 1.165) is 16.9 Å². The average Bonchev–Trinajstić information content (AvgIpc) is 3.12. The predicted octanol–water partition coefficient (Wildman–Crippen LogP) is 3.79. The zero-order valence-corrected chi connectivity index (χ0v) is 15.3. The van der Waals surface area contributed by atoms with Crippen molar-refractivity contribution in [3.63, 3.8) is 0 Å². The summed E-state index contributed by atoms with van der Waals surface area (Å²) < 4.78 is 11.3. The highest BCUT2D eigenvalue weighted by Gasteiger charge is 2.28. The van der Waals surface area contributed by atoms with Crippen molar-refractivity contribution >= 4 is 28.2 Å². The van der Waals surface area contributed by atoms with Crippen molar-refractivity contribution in [1.82, 2.24) is 4.98 Å². The third-order valence-electron chi connectivity index (χ3n) is 4.03. The van der Waals surface area contributed by atoms with Crippen LogP contribution in [0.2, 0.25) is 0 Å². The molecule has 0 saturated heterocycles. The molecular formula is C20H16N2O4S. The van der Waals surface area contributed by atoms with Crippen LogP contribution in [0.5, 0.6) is 11.5 Å². The first-order valence-electron chi connectivity index (χ1n) is 8.38. The molecule has 7 heteroatoms. The number of aromatic nitrogens is 1. The maximum Gasteiger partial charge on any atom is 0.270 e. The number of nitrogens with one attached hydrogen (secondary N) is 1. The van der Waals surface area contributed by atoms with Gasteiger partial charge in [-0.1, -0.05) is 53.8 Å². The van der Waals surface area contributed by atoms with E-state index in [1.807, 2.05) is 42.5 Å². The van der Waals surface area contributed by atoms with Gasteiger partial charge >= 0.3 is 0 Å². The van der Waals surface area contributed by atoms with Crippen molar-refractivity contribution in [3.8, 4) is 22.8 Å². The van der Waals surface area contributed by atoms with Gasteiger partial charge in [0.25, 0.3) is 5.91 Å². The minimum Gasteiger partial charge on any atom is -0.485 e. The van der Waals surface area contributed by atoms with Crippen LogP contribution >= 0.6 is 11.3 Å². The van der Waals surface area contributed by atoms with Crippen molar-refractivity contribution in [2.45, 2.75) is 13.0 Å². The lowest BCUT2D eigenvalue weighted by Gasteiger charge is -2.25. The number of hydrogen-bond donors (Lipinski definition) is 1. The Labute approximate surface area is 159 Å². The van der Waals surface area contributed by atoms with Crippen LogP contribution in [-0.2, 0) is 4.79 Å². The van der Waals surface area contributed by atoms with Gasteiger partial charge in [0.2, 0.25) is 6.10 Å². The summed E-state index contributed by atoms with van der Waals surface area (Å²) >= 11 is 1.15. The number of carbonyl (C=O) groups is 2. The quantitative estimate of drug-likeness (QED) is 0.697. The highest BCUT2D eigenvalue weighted by Crippen LogP contribution is 2.33. The van der Waals surface area contributed by atoms with Crippen LogP contribution in [0.3, 0.4) is 0 Å². The summed E-state index contributed by atoms with van der Waals surface area (Å²) in [4.78, 5) is 29.5. The van der Waals surface area contributed by atoms with Crippen LogP contribution in [-0.4, -0.2) is 29.4 Å². The molecule has 0 saturated carbocycles. The molecule has 0 fully saturated rings. The minimum atomic E-state index is -0.787. The second kappa shape index (κ2) is 7.20. The molecule has 1 N–H and O–H groups in total. The van der Waals surface area contributed by atoms with E-state index in [2.05, 4.69) is 10.3 Å². The number of amides is 1. The number of fused-ring (bicyclic) bond motifs is 1. The zero-order chi connectivity index (χ0) is 18.8. The van der Waals surface area contributed by atoms with Gasteiger partial charge in [-0.2, -0.15) is 0 Å². The number of para-hydroxylation sites is 2. The molecule has 1 atom stereocenters. The van der Waals surface area contributed by atoms with E-state index in [9.17, 15) is 9.59 Å². The molecule has 1 aromatic heterocycles. The molecule has 1 amide bonds. The summed E-state index contributed by atoms with van der Waals surface area (Å²) in [5.74, 6) is 0.671. The molecule has 2 heterocycles. The third kappa shape index (κ3) is 3.54. The standard InChI is InChI=1S/C20H16N2O4S/c1-12(23)18-17(13-7-3-2-4-8-13)21-20(27-18)22-19(24)16-11-25-14-9-5-6-10-15(14)26-16/h2-10,16H,11H2,1H3,(H,21,22,24)/t16-/m1/s1. The number of carbonyl (C=O) groups excluding carboxylic acids is 2. The van der Waals surface area contributed by atoms with Crippen LogP contribution < -0.4 is 14.8 Å². The van der Waals surface area contributed by atoms with Gasteiger partial charge in [0.1, 0.15) is 6.61 Å². The summed E-state index contributed by atoms with van der Waals surface area (Å²) in [7, 11) is 0. The van der Waals surface area contributed by atoms with Crippen LogP contribution in [0.1, 0.15) is 16.6 Å². The molecule has 27 heavy (non-hydrogen) atoms. The van der Waals surface area contributed by atoms with Gasteiger partial charge in [-0.05, 0) is 12.1 Å². The number of benzene rings is 2. The Hall–Kier alpha value is -3.19. The molecule has 1 aliphatic rings. The minimum absolute atomic E-state index is 0.0990. The maximum absolute atomic E-state index is 12.6. The first-order chi connectivity index (χ1) is 13.1. The average molecular weight is 380 g/mol. The van der Waals surface area contributed by atoms with E-state index < -0.39 is 6.10 Å². The summed E-state index contributed by atoms with van der Waals surface area (Å²) in [6.07, 6.45) is -0.787. The number of ketones is 1. The van der Waals surface area contributed by atoms with E-state index in [4.69, 9.17) is 9.47 Å². The number of ether oxygens (including phenoxy) is 2. The number of Topliss-reactive ketones (excluding diaryl/α,β-unsaturated/α-hetero) is 1. The predicted molar refractivity (Wildman–Crippen MR) is 103 cm³/mol. The number of thiazole rings is 1. The molecular weight excluding hydrogens is 364 g/mol.